The Bertz CT molecular complexity index is 1580. The molecule has 11 heteroatoms. The number of aliphatic hydroxyl groups excluding tert-OH is 1. The number of carbonyl (C=O) groups excluding carboxylic acids is 1. The second-order valence-corrected chi connectivity index (χ2v) is 13.8. The Kier molecular flexibility index (Phi) is 10.7. The number of alkyl halides is 3. The third kappa shape index (κ3) is 8.06. The van der Waals surface area contributed by atoms with Gasteiger partial charge in [0.2, 0.25) is 0 Å². The van der Waals surface area contributed by atoms with Crippen molar-refractivity contribution < 1.29 is 24.1 Å². The quantitative estimate of drug-likeness (QED) is 0.0856. The highest BCUT2D eigenvalue weighted by Gasteiger charge is 2.39. The van der Waals surface area contributed by atoms with E-state index in [1.54, 1.807) is 12.1 Å². The molecule has 1 aliphatic rings. The molecule has 3 aromatic carbocycles. The van der Waals surface area contributed by atoms with Gasteiger partial charge in [-0.05, 0) is 46.0 Å². The largest absolute Gasteiger partial charge is 0.618 e. The van der Waals surface area contributed by atoms with Crippen LogP contribution in [-0.4, -0.2) is 26.7 Å². The van der Waals surface area contributed by atoms with E-state index in [0.717, 1.165) is 38.1 Å². The van der Waals surface area contributed by atoms with Gasteiger partial charge < -0.3 is 25.1 Å². The van der Waals surface area contributed by atoms with E-state index in [-0.39, 0.29) is 31.3 Å². The standard InChI is InChI=1S/C33H31Cl3N2O5S/c1-21-28(20-44-29-10-2-3-15-38(29)41)42-31(43-30(21)24-13-11-22(19-39)12-14-24)27-9-5-8-26(17-27)25-7-4-6-23(16-25)18-37-32(40)33(34,35)36/h2-17,21,28,30-31,39H,18-20H2,1H3,(H,37,40)/t21-,28+,30+,31+/m1/s1. The summed E-state index contributed by atoms with van der Waals surface area (Å²) in [4.78, 5) is 12.0. The van der Waals surface area contributed by atoms with Crippen molar-refractivity contribution in [1.29, 1.82) is 0 Å². The van der Waals surface area contributed by atoms with Crippen LogP contribution in [0.2, 0.25) is 0 Å². The van der Waals surface area contributed by atoms with Gasteiger partial charge in [0.25, 0.3) is 14.7 Å². The minimum Gasteiger partial charge on any atom is -0.618 e. The zero-order chi connectivity index (χ0) is 31.3. The van der Waals surface area contributed by atoms with Crippen molar-refractivity contribution in [3.05, 3.63) is 125 Å². The lowest BCUT2D eigenvalue weighted by atomic mass is 9.91. The number of halogens is 3. The summed E-state index contributed by atoms with van der Waals surface area (Å²) in [7, 11) is 0. The number of hydrogen-bond donors (Lipinski definition) is 2. The molecule has 0 aliphatic carbocycles. The molecule has 0 unspecified atom stereocenters. The van der Waals surface area contributed by atoms with Crippen LogP contribution in [0.1, 0.15) is 41.6 Å². The molecule has 4 aromatic rings. The summed E-state index contributed by atoms with van der Waals surface area (Å²) in [5, 5.41) is 25.1. The number of aromatic nitrogens is 1. The van der Waals surface area contributed by atoms with Gasteiger partial charge in [-0.3, -0.25) is 4.79 Å². The highest BCUT2D eigenvalue weighted by molar-refractivity contribution is 7.99. The third-order valence-electron chi connectivity index (χ3n) is 7.44. The van der Waals surface area contributed by atoms with Gasteiger partial charge >= 0.3 is 0 Å². The minimum atomic E-state index is -2.03. The predicted molar refractivity (Wildman–Crippen MR) is 173 cm³/mol. The second-order valence-electron chi connectivity index (χ2n) is 10.5. The SMILES string of the molecule is C[C@@H]1[C@H](CSc2cccc[n+]2[O-])O[C@H](c2cccc(-c3cccc(CNC(=O)C(Cl)(Cl)Cl)c3)c2)O[C@@H]1c1ccc(CO)cc1. The van der Waals surface area contributed by atoms with Crippen LogP contribution in [0.15, 0.2) is 102 Å². The fourth-order valence-corrected chi connectivity index (χ4v) is 6.29. The molecule has 0 spiro atoms. The van der Waals surface area contributed by atoms with Crippen molar-refractivity contribution in [3.8, 4) is 11.1 Å². The number of aliphatic hydroxyl groups is 1. The summed E-state index contributed by atoms with van der Waals surface area (Å²) >= 11 is 18.5. The van der Waals surface area contributed by atoms with Gasteiger partial charge in [0.15, 0.2) is 12.5 Å². The number of nitrogens with one attached hydrogen (secondary N) is 1. The number of amides is 1. The van der Waals surface area contributed by atoms with Crippen LogP contribution in [0, 0.1) is 11.1 Å². The maximum absolute atomic E-state index is 12.3. The summed E-state index contributed by atoms with van der Waals surface area (Å²) in [6.45, 7) is 2.26. The van der Waals surface area contributed by atoms with E-state index in [9.17, 15) is 15.1 Å². The molecule has 230 valence electrons. The highest BCUT2D eigenvalue weighted by Crippen LogP contribution is 2.43. The number of pyridine rings is 1. The van der Waals surface area contributed by atoms with Gasteiger partial charge in [-0.15, -0.1) is 0 Å². The van der Waals surface area contributed by atoms with E-state index in [0.29, 0.717) is 10.8 Å². The Hall–Kier alpha value is -2.82. The minimum absolute atomic E-state index is 0.0229. The molecular weight excluding hydrogens is 643 g/mol. The van der Waals surface area contributed by atoms with Crippen LogP contribution in [0.5, 0.6) is 0 Å². The molecule has 4 atom stereocenters. The predicted octanol–water partition coefficient (Wildman–Crippen LogP) is 7.05. The van der Waals surface area contributed by atoms with Crippen molar-refractivity contribution in [2.75, 3.05) is 5.75 Å². The zero-order valence-corrected chi connectivity index (χ0v) is 26.8. The molecule has 2 heterocycles. The Morgan fingerprint density at radius 3 is 2.36 bits per heavy atom. The highest BCUT2D eigenvalue weighted by atomic mass is 35.6. The van der Waals surface area contributed by atoms with Gasteiger partial charge in [-0.2, -0.15) is 4.73 Å². The molecule has 0 saturated carbocycles. The molecule has 1 saturated heterocycles. The summed E-state index contributed by atoms with van der Waals surface area (Å²) < 4.78 is 12.0. The van der Waals surface area contributed by atoms with E-state index in [2.05, 4.69) is 12.2 Å². The van der Waals surface area contributed by atoms with Gasteiger partial charge in [0.1, 0.15) is 0 Å². The lowest BCUT2D eigenvalue weighted by molar-refractivity contribution is -0.645. The first-order valence-electron chi connectivity index (χ1n) is 14.0. The first kappa shape index (κ1) is 32.6. The van der Waals surface area contributed by atoms with E-state index in [1.807, 2.05) is 78.9 Å². The summed E-state index contributed by atoms with van der Waals surface area (Å²) in [6, 6.07) is 28.8. The van der Waals surface area contributed by atoms with Crippen molar-refractivity contribution in [2.45, 2.75) is 47.4 Å². The van der Waals surface area contributed by atoms with E-state index in [4.69, 9.17) is 44.3 Å². The maximum atomic E-state index is 12.3. The Labute approximate surface area is 275 Å². The molecule has 1 aliphatic heterocycles. The number of benzene rings is 3. The van der Waals surface area contributed by atoms with Crippen molar-refractivity contribution in [2.24, 2.45) is 5.92 Å². The average Bonchev–Trinajstić information content (AvgIpc) is 3.03. The average molecular weight is 674 g/mol. The lowest BCUT2D eigenvalue weighted by Crippen LogP contribution is -2.39. The van der Waals surface area contributed by atoms with Gasteiger partial charge in [0.05, 0.1) is 18.8 Å². The van der Waals surface area contributed by atoms with Gasteiger partial charge in [-0.25, -0.2) is 0 Å². The van der Waals surface area contributed by atoms with Crippen molar-refractivity contribution >= 4 is 52.5 Å². The number of thioether (sulfide) groups is 1. The molecule has 44 heavy (non-hydrogen) atoms. The molecule has 1 fully saturated rings. The zero-order valence-electron chi connectivity index (χ0n) is 23.7. The Balaban J connectivity index is 1.39. The van der Waals surface area contributed by atoms with Crippen LogP contribution in [0.4, 0.5) is 0 Å². The van der Waals surface area contributed by atoms with Crippen LogP contribution >= 0.6 is 46.6 Å². The monoisotopic (exact) mass is 672 g/mol. The second kappa shape index (κ2) is 14.5. The first-order chi connectivity index (χ1) is 21.1. The third-order valence-corrected chi connectivity index (χ3v) is 9.06. The Morgan fingerprint density at radius 1 is 0.932 bits per heavy atom. The van der Waals surface area contributed by atoms with E-state index >= 15 is 0 Å². The van der Waals surface area contributed by atoms with Gasteiger partial charge in [0, 0.05) is 35.9 Å². The number of hydrogen-bond acceptors (Lipinski definition) is 6. The Morgan fingerprint density at radius 2 is 1.66 bits per heavy atom. The number of rotatable bonds is 9. The molecule has 1 amide bonds. The van der Waals surface area contributed by atoms with Crippen molar-refractivity contribution in [1.82, 2.24) is 5.32 Å². The first-order valence-corrected chi connectivity index (χ1v) is 16.1. The fourth-order valence-electron chi connectivity index (χ4n) is 5.01. The molecule has 7 nitrogen and oxygen atoms in total. The number of nitrogens with zero attached hydrogens (tertiary/aromatic N) is 1. The molecule has 5 rings (SSSR count). The lowest BCUT2D eigenvalue weighted by Gasteiger charge is -2.41. The smallest absolute Gasteiger partial charge is 0.272 e. The normalized spacial score (nSPS) is 20.3. The van der Waals surface area contributed by atoms with Crippen molar-refractivity contribution in [3.63, 3.8) is 0 Å². The van der Waals surface area contributed by atoms with E-state index in [1.165, 1.54) is 18.0 Å². The maximum Gasteiger partial charge on any atom is 0.272 e. The molecular formula is C33H31Cl3N2O5S. The van der Waals surface area contributed by atoms with Gasteiger partial charge in [-0.1, -0.05) is 114 Å². The molecule has 1 aromatic heterocycles. The van der Waals surface area contributed by atoms with E-state index < -0.39 is 16.0 Å². The molecule has 2 N–H and O–H groups in total. The van der Waals surface area contributed by atoms with Crippen LogP contribution in [0.3, 0.4) is 0 Å². The summed E-state index contributed by atoms with van der Waals surface area (Å²) in [5.41, 5.74) is 5.36. The summed E-state index contributed by atoms with van der Waals surface area (Å²) in [5.74, 6) is -0.160. The fraction of sp³-hybridized carbons (Fsp3) is 0.273. The topological polar surface area (TPSA) is 94.7 Å². The summed E-state index contributed by atoms with van der Waals surface area (Å²) in [6.07, 6.45) is 0.312. The molecule has 0 bridgehead atoms. The van der Waals surface area contributed by atoms with Crippen LogP contribution < -0.4 is 10.0 Å². The number of carbonyl (C=O) groups is 1. The molecule has 0 radical (unpaired) electrons. The van der Waals surface area contributed by atoms with Crippen LogP contribution in [0.25, 0.3) is 11.1 Å². The van der Waals surface area contributed by atoms with Crippen LogP contribution in [-0.2, 0) is 27.4 Å². The number of ether oxygens (including phenoxy) is 2.